The number of fused-ring (bicyclic) bond motifs is 1. The van der Waals surface area contributed by atoms with Crippen LogP contribution in [0.1, 0.15) is 10.6 Å². The summed E-state index contributed by atoms with van der Waals surface area (Å²) in [4.78, 5) is 16.9. The zero-order valence-corrected chi connectivity index (χ0v) is 17.3. The van der Waals surface area contributed by atoms with Crippen molar-refractivity contribution in [3.05, 3.63) is 63.3 Å². The molecule has 0 saturated carbocycles. The Hall–Kier alpha value is -2.25. The number of thiazole rings is 1. The first-order valence-electron chi connectivity index (χ1n) is 7.95. The molecule has 0 aliphatic rings. The number of hydrogen-bond donors (Lipinski definition) is 1. The lowest BCUT2D eigenvalue weighted by Crippen LogP contribution is -2.10. The van der Waals surface area contributed by atoms with E-state index < -0.39 is 5.91 Å². The van der Waals surface area contributed by atoms with Crippen molar-refractivity contribution in [2.75, 3.05) is 12.4 Å². The molecular weight excluding hydrogens is 443 g/mol. The fourth-order valence-corrected chi connectivity index (χ4v) is 4.20. The summed E-state index contributed by atoms with van der Waals surface area (Å²) in [5.41, 5.74) is 1.31. The number of hydrogen-bond acceptors (Lipinski definition) is 5. The Bertz CT molecular complexity index is 1200. The monoisotopic (exact) mass is 452 g/mol. The maximum absolute atomic E-state index is 12.5. The number of ether oxygens (including phenoxy) is 1. The van der Waals surface area contributed by atoms with Crippen molar-refractivity contribution in [2.45, 2.75) is 0 Å². The van der Waals surface area contributed by atoms with E-state index in [1.54, 1.807) is 42.5 Å². The Balaban J connectivity index is 1.57. The Morgan fingerprint density at radius 2 is 1.93 bits per heavy atom. The molecule has 1 N–H and O–H groups in total. The summed E-state index contributed by atoms with van der Waals surface area (Å²) in [5.74, 6) is 0.725. The number of nitrogens with zero attached hydrogens (tertiary/aromatic N) is 1. The number of halogens is 3. The predicted molar refractivity (Wildman–Crippen MR) is 113 cm³/mol. The standard InChI is InChI=1S/C19H11Cl3N2O3S/c1-26-16-8-17-13(7-12(16)22)23-19(28-17)24-18(25)15-5-4-14(27-15)10-3-2-9(20)6-11(10)21/h2-8H,1H3,(H,23,24,25). The van der Waals surface area contributed by atoms with Gasteiger partial charge >= 0.3 is 0 Å². The smallest absolute Gasteiger partial charge is 0.293 e. The van der Waals surface area contributed by atoms with Gasteiger partial charge in [-0.25, -0.2) is 4.98 Å². The van der Waals surface area contributed by atoms with Gasteiger partial charge in [0.25, 0.3) is 5.91 Å². The number of nitrogens with one attached hydrogen (secondary N) is 1. The number of benzene rings is 2. The quantitative estimate of drug-likeness (QED) is 0.370. The highest BCUT2D eigenvalue weighted by Crippen LogP contribution is 2.35. The summed E-state index contributed by atoms with van der Waals surface area (Å²) >= 11 is 19.5. The minimum absolute atomic E-state index is 0.135. The molecule has 0 spiro atoms. The van der Waals surface area contributed by atoms with Crippen LogP contribution in [-0.2, 0) is 0 Å². The molecule has 0 fully saturated rings. The van der Waals surface area contributed by atoms with Crippen molar-refractivity contribution >= 4 is 67.4 Å². The number of anilines is 1. The Morgan fingerprint density at radius 1 is 1.11 bits per heavy atom. The fraction of sp³-hybridized carbons (Fsp3) is 0.0526. The van der Waals surface area contributed by atoms with Crippen LogP contribution in [0, 0.1) is 0 Å². The third kappa shape index (κ3) is 3.69. The van der Waals surface area contributed by atoms with Crippen LogP contribution in [-0.4, -0.2) is 18.0 Å². The minimum atomic E-state index is -0.423. The molecule has 28 heavy (non-hydrogen) atoms. The average Bonchev–Trinajstić information content (AvgIpc) is 3.27. The highest BCUT2D eigenvalue weighted by atomic mass is 35.5. The van der Waals surface area contributed by atoms with Gasteiger partial charge in [0.2, 0.25) is 0 Å². The van der Waals surface area contributed by atoms with Crippen LogP contribution >= 0.6 is 46.1 Å². The predicted octanol–water partition coefficient (Wildman–Crippen LogP) is 6.78. The molecular formula is C19H11Cl3N2O3S. The summed E-state index contributed by atoms with van der Waals surface area (Å²) < 4.78 is 11.7. The summed E-state index contributed by atoms with van der Waals surface area (Å²) in [5, 5.41) is 4.56. The van der Waals surface area contributed by atoms with E-state index in [1.165, 1.54) is 18.4 Å². The molecule has 0 radical (unpaired) electrons. The molecule has 2 aromatic carbocycles. The SMILES string of the molecule is COc1cc2sc(NC(=O)c3ccc(-c4ccc(Cl)cc4Cl)o3)nc2cc1Cl. The van der Waals surface area contributed by atoms with Gasteiger partial charge in [0.1, 0.15) is 11.5 Å². The van der Waals surface area contributed by atoms with Crippen molar-refractivity contribution in [2.24, 2.45) is 0 Å². The highest BCUT2D eigenvalue weighted by Gasteiger charge is 2.17. The van der Waals surface area contributed by atoms with E-state index in [9.17, 15) is 4.79 Å². The van der Waals surface area contributed by atoms with Gasteiger partial charge in [0, 0.05) is 16.7 Å². The van der Waals surface area contributed by atoms with Gasteiger partial charge in [-0.3, -0.25) is 10.1 Å². The number of furan rings is 1. The van der Waals surface area contributed by atoms with Gasteiger partial charge in [0.05, 0.1) is 27.4 Å². The summed E-state index contributed by atoms with van der Waals surface area (Å²) in [7, 11) is 1.54. The van der Waals surface area contributed by atoms with Crippen molar-refractivity contribution in [1.29, 1.82) is 0 Å². The number of carbonyl (C=O) groups excluding carboxylic acids is 1. The second kappa shape index (κ2) is 7.64. The average molecular weight is 454 g/mol. The minimum Gasteiger partial charge on any atom is -0.495 e. The molecule has 5 nitrogen and oxygen atoms in total. The lowest BCUT2D eigenvalue weighted by atomic mass is 10.2. The molecule has 0 aliphatic heterocycles. The molecule has 0 atom stereocenters. The zero-order valence-electron chi connectivity index (χ0n) is 14.3. The van der Waals surface area contributed by atoms with Gasteiger partial charge in [-0.1, -0.05) is 46.1 Å². The molecule has 2 heterocycles. The normalized spacial score (nSPS) is 11.0. The third-order valence-electron chi connectivity index (χ3n) is 3.91. The maximum atomic E-state index is 12.5. The van der Waals surface area contributed by atoms with E-state index in [-0.39, 0.29) is 5.76 Å². The summed E-state index contributed by atoms with van der Waals surface area (Å²) in [6.07, 6.45) is 0. The molecule has 142 valence electrons. The highest BCUT2D eigenvalue weighted by molar-refractivity contribution is 7.22. The first-order valence-corrected chi connectivity index (χ1v) is 9.90. The topological polar surface area (TPSA) is 64.4 Å². The van der Waals surface area contributed by atoms with Gasteiger partial charge in [-0.05, 0) is 36.4 Å². The molecule has 0 saturated heterocycles. The number of aromatic nitrogens is 1. The van der Waals surface area contributed by atoms with Crippen molar-refractivity contribution in [1.82, 2.24) is 4.98 Å². The van der Waals surface area contributed by atoms with E-state index >= 15 is 0 Å². The first-order chi connectivity index (χ1) is 13.4. The van der Waals surface area contributed by atoms with Crippen molar-refractivity contribution < 1.29 is 13.9 Å². The lowest BCUT2D eigenvalue weighted by Gasteiger charge is -2.01. The molecule has 4 aromatic rings. The van der Waals surface area contributed by atoms with E-state index in [4.69, 9.17) is 44.0 Å². The molecule has 0 aliphatic carbocycles. The van der Waals surface area contributed by atoms with Gasteiger partial charge in [-0.15, -0.1) is 0 Å². The van der Waals surface area contributed by atoms with E-state index in [2.05, 4.69) is 10.3 Å². The molecule has 0 unspecified atom stereocenters. The van der Waals surface area contributed by atoms with Gasteiger partial charge < -0.3 is 9.15 Å². The maximum Gasteiger partial charge on any atom is 0.293 e. The Kier molecular flexibility index (Phi) is 5.21. The summed E-state index contributed by atoms with van der Waals surface area (Å²) in [6, 6.07) is 11.8. The van der Waals surface area contributed by atoms with Crippen LogP contribution in [0.25, 0.3) is 21.5 Å². The Labute approximate surface area is 178 Å². The van der Waals surface area contributed by atoms with Gasteiger partial charge in [0.15, 0.2) is 10.9 Å². The molecule has 0 bridgehead atoms. The number of amides is 1. The largest absolute Gasteiger partial charge is 0.495 e. The van der Waals surface area contributed by atoms with E-state index in [0.717, 1.165) is 4.70 Å². The Morgan fingerprint density at radius 3 is 2.68 bits per heavy atom. The van der Waals surface area contributed by atoms with Crippen LogP contribution in [0.5, 0.6) is 5.75 Å². The number of rotatable bonds is 4. The lowest BCUT2D eigenvalue weighted by molar-refractivity contribution is 0.0997. The van der Waals surface area contributed by atoms with Crippen LogP contribution in [0.2, 0.25) is 15.1 Å². The third-order valence-corrected chi connectivity index (χ3v) is 5.69. The number of methoxy groups -OCH3 is 1. The van der Waals surface area contributed by atoms with Crippen LogP contribution in [0.4, 0.5) is 5.13 Å². The van der Waals surface area contributed by atoms with Crippen LogP contribution in [0.15, 0.2) is 46.9 Å². The molecule has 4 rings (SSSR count). The van der Waals surface area contributed by atoms with E-state index in [0.29, 0.717) is 42.8 Å². The first kappa shape index (κ1) is 19.1. The van der Waals surface area contributed by atoms with Crippen LogP contribution in [0.3, 0.4) is 0 Å². The second-order valence-corrected chi connectivity index (χ2v) is 8.00. The molecule has 2 aromatic heterocycles. The van der Waals surface area contributed by atoms with Gasteiger partial charge in [-0.2, -0.15) is 0 Å². The van der Waals surface area contributed by atoms with Crippen molar-refractivity contribution in [3.63, 3.8) is 0 Å². The second-order valence-electron chi connectivity index (χ2n) is 5.72. The molecule has 9 heteroatoms. The van der Waals surface area contributed by atoms with Crippen LogP contribution < -0.4 is 10.1 Å². The summed E-state index contributed by atoms with van der Waals surface area (Å²) in [6.45, 7) is 0. The van der Waals surface area contributed by atoms with Crippen molar-refractivity contribution in [3.8, 4) is 17.1 Å². The van der Waals surface area contributed by atoms with E-state index in [1.807, 2.05) is 0 Å². The fourth-order valence-electron chi connectivity index (χ4n) is 2.59. The zero-order chi connectivity index (χ0) is 19.8. The molecule has 1 amide bonds. The number of carbonyl (C=O) groups is 1.